The van der Waals surface area contributed by atoms with Gasteiger partial charge in [-0.1, -0.05) is 30.3 Å². The summed E-state index contributed by atoms with van der Waals surface area (Å²) in [5.41, 5.74) is 3.22. The van der Waals surface area contributed by atoms with Crippen LogP contribution in [0.5, 0.6) is 11.5 Å². The molecule has 2 N–H and O–H groups in total. The van der Waals surface area contributed by atoms with Gasteiger partial charge in [-0.05, 0) is 53.4 Å². The van der Waals surface area contributed by atoms with Crippen molar-refractivity contribution in [1.29, 1.82) is 0 Å². The molecule has 0 spiro atoms. The average molecular weight is 421 g/mol. The van der Waals surface area contributed by atoms with Crippen molar-refractivity contribution < 1.29 is 19.4 Å². The van der Waals surface area contributed by atoms with Gasteiger partial charge in [-0.25, -0.2) is 9.78 Å². The molecule has 162 valence electrons. The number of carboxylic acid groups (broad SMARTS) is 1. The molecule has 0 unspecified atom stereocenters. The number of nitrogens with one attached hydrogen (secondary N) is 1. The average Bonchev–Trinajstić information content (AvgIpc) is 2.80. The third-order valence-electron chi connectivity index (χ3n) is 4.90. The Hall–Kier alpha value is -3.74. The highest BCUT2D eigenvalue weighted by Gasteiger charge is 2.15. The molecule has 1 amide bonds. The minimum absolute atomic E-state index is 0.326. The minimum atomic E-state index is -1.03. The van der Waals surface area contributed by atoms with Crippen molar-refractivity contribution in [2.75, 3.05) is 25.7 Å². The summed E-state index contributed by atoms with van der Waals surface area (Å²) in [4.78, 5) is 17.7. The number of pyridine rings is 1. The van der Waals surface area contributed by atoms with E-state index in [1.54, 1.807) is 20.4 Å². The smallest absolute Gasteiger partial charge is 0.404 e. The molecule has 7 nitrogen and oxygen atoms in total. The molecule has 0 saturated carbocycles. The van der Waals surface area contributed by atoms with Crippen LogP contribution in [-0.4, -0.2) is 36.9 Å². The van der Waals surface area contributed by atoms with Gasteiger partial charge in [0.2, 0.25) is 0 Å². The Kier molecular flexibility index (Phi) is 7.70. The van der Waals surface area contributed by atoms with Gasteiger partial charge < -0.3 is 24.8 Å². The van der Waals surface area contributed by atoms with E-state index in [4.69, 9.17) is 14.6 Å². The maximum Gasteiger partial charge on any atom is 0.404 e. The van der Waals surface area contributed by atoms with E-state index in [9.17, 15) is 4.79 Å². The van der Waals surface area contributed by atoms with Crippen molar-refractivity contribution in [2.45, 2.75) is 19.5 Å². The number of anilines is 1. The van der Waals surface area contributed by atoms with E-state index >= 15 is 0 Å². The van der Waals surface area contributed by atoms with Crippen LogP contribution in [0.15, 0.2) is 66.9 Å². The highest BCUT2D eigenvalue weighted by atomic mass is 16.5. The van der Waals surface area contributed by atoms with Crippen molar-refractivity contribution in [3.05, 3.63) is 83.6 Å². The third kappa shape index (κ3) is 6.37. The number of hydrogen-bond acceptors (Lipinski definition) is 5. The fraction of sp³-hybridized carbons (Fsp3) is 0.250. The van der Waals surface area contributed by atoms with E-state index in [2.05, 4.69) is 15.2 Å². The molecule has 0 bridgehead atoms. The van der Waals surface area contributed by atoms with Crippen LogP contribution in [-0.2, 0) is 19.5 Å². The van der Waals surface area contributed by atoms with Crippen molar-refractivity contribution in [1.82, 2.24) is 10.3 Å². The van der Waals surface area contributed by atoms with Crippen molar-refractivity contribution in [3.63, 3.8) is 0 Å². The molecule has 0 aliphatic rings. The number of hydrogen-bond donors (Lipinski definition) is 2. The predicted molar refractivity (Wildman–Crippen MR) is 120 cm³/mol. The Morgan fingerprint density at radius 2 is 1.48 bits per heavy atom. The highest BCUT2D eigenvalue weighted by Crippen LogP contribution is 2.24. The number of ether oxygens (including phenoxy) is 2. The number of nitrogens with zero attached hydrogens (tertiary/aromatic N) is 2. The lowest BCUT2D eigenvalue weighted by molar-refractivity contribution is 0.194. The Morgan fingerprint density at radius 3 is 1.97 bits per heavy atom. The summed E-state index contributed by atoms with van der Waals surface area (Å²) in [5.74, 6) is 2.45. The van der Waals surface area contributed by atoms with Crippen LogP contribution in [0.1, 0.15) is 16.7 Å². The molecule has 31 heavy (non-hydrogen) atoms. The molecule has 3 aromatic rings. The molecule has 0 saturated heterocycles. The molecule has 0 aliphatic carbocycles. The van der Waals surface area contributed by atoms with E-state index in [0.717, 1.165) is 34.0 Å². The largest absolute Gasteiger partial charge is 0.497 e. The SMILES string of the molecule is COc1ccc(CN(Cc2ccc(OC)cc2)c2ncccc2CCNC(=O)O)cc1. The van der Waals surface area contributed by atoms with Gasteiger partial charge in [0, 0.05) is 25.8 Å². The zero-order valence-electron chi connectivity index (χ0n) is 17.7. The molecule has 2 aromatic carbocycles. The van der Waals surface area contributed by atoms with Gasteiger partial charge in [-0.3, -0.25) is 0 Å². The first-order chi connectivity index (χ1) is 15.1. The van der Waals surface area contributed by atoms with Crippen molar-refractivity contribution >= 4 is 11.9 Å². The number of aromatic nitrogens is 1. The number of methoxy groups -OCH3 is 2. The molecule has 1 aromatic heterocycles. The van der Waals surface area contributed by atoms with Crippen LogP contribution in [0.3, 0.4) is 0 Å². The first-order valence-electron chi connectivity index (χ1n) is 10.0. The lowest BCUT2D eigenvalue weighted by atomic mass is 10.1. The monoisotopic (exact) mass is 421 g/mol. The second-order valence-corrected chi connectivity index (χ2v) is 7.02. The van der Waals surface area contributed by atoms with Gasteiger partial charge in [-0.2, -0.15) is 0 Å². The molecular weight excluding hydrogens is 394 g/mol. The van der Waals surface area contributed by atoms with Gasteiger partial charge in [0.15, 0.2) is 0 Å². The number of rotatable bonds is 10. The standard InChI is InChI=1S/C24H27N3O4/c1-30-21-9-5-18(6-10-21)16-27(17-19-7-11-22(31-2)12-8-19)23-20(4-3-14-25-23)13-15-26-24(28)29/h3-12,14,26H,13,15-17H2,1-2H3,(H,28,29). The Bertz CT molecular complexity index is 925. The van der Waals surface area contributed by atoms with Crippen LogP contribution >= 0.6 is 0 Å². The van der Waals surface area contributed by atoms with Crippen LogP contribution < -0.4 is 19.7 Å². The normalized spacial score (nSPS) is 10.4. The Labute approximate surface area is 182 Å². The van der Waals surface area contributed by atoms with E-state index in [-0.39, 0.29) is 0 Å². The van der Waals surface area contributed by atoms with E-state index in [0.29, 0.717) is 26.1 Å². The van der Waals surface area contributed by atoms with Gasteiger partial charge in [0.1, 0.15) is 17.3 Å². The number of benzene rings is 2. The zero-order chi connectivity index (χ0) is 22.1. The summed E-state index contributed by atoms with van der Waals surface area (Å²) < 4.78 is 10.5. The molecule has 7 heteroatoms. The van der Waals surface area contributed by atoms with Gasteiger partial charge >= 0.3 is 6.09 Å². The molecule has 0 atom stereocenters. The Morgan fingerprint density at radius 1 is 0.935 bits per heavy atom. The minimum Gasteiger partial charge on any atom is -0.497 e. The van der Waals surface area contributed by atoms with E-state index < -0.39 is 6.09 Å². The van der Waals surface area contributed by atoms with E-state index in [1.807, 2.05) is 60.7 Å². The molecule has 0 radical (unpaired) electrons. The predicted octanol–water partition coefficient (Wildman–Crippen LogP) is 4.12. The van der Waals surface area contributed by atoms with Gasteiger partial charge in [0.05, 0.1) is 14.2 Å². The van der Waals surface area contributed by atoms with Crippen LogP contribution in [0.4, 0.5) is 10.6 Å². The maximum absolute atomic E-state index is 10.8. The second-order valence-electron chi connectivity index (χ2n) is 7.02. The van der Waals surface area contributed by atoms with Crippen LogP contribution in [0.25, 0.3) is 0 Å². The molecule has 0 fully saturated rings. The molecule has 0 aliphatic heterocycles. The summed E-state index contributed by atoms with van der Waals surface area (Å²) in [6, 6.07) is 19.8. The number of amides is 1. The summed E-state index contributed by atoms with van der Waals surface area (Å²) in [6.45, 7) is 1.62. The maximum atomic E-state index is 10.8. The van der Waals surface area contributed by atoms with Gasteiger partial charge in [0.25, 0.3) is 0 Å². The first-order valence-corrected chi connectivity index (χ1v) is 10.0. The van der Waals surface area contributed by atoms with E-state index in [1.165, 1.54) is 0 Å². The highest BCUT2D eigenvalue weighted by molar-refractivity contribution is 5.64. The van der Waals surface area contributed by atoms with Crippen molar-refractivity contribution in [2.24, 2.45) is 0 Å². The van der Waals surface area contributed by atoms with Crippen LogP contribution in [0.2, 0.25) is 0 Å². The lowest BCUT2D eigenvalue weighted by Gasteiger charge is -2.26. The topological polar surface area (TPSA) is 83.9 Å². The lowest BCUT2D eigenvalue weighted by Crippen LogP contribution is -2.27. The summed E-state index contributed by atoms with van der Waals surface area (Å²) in [6.07, 6.45) is 1.29. The van der Waals surface area contributed by atoms with Crippen molar-refractivity contribution in [3.8, 4) is 11.5 Å². The molecule has 1 heterocycles. The molecule has 3 rings (SSSR count). The van der Waals surface area contributed by atoms with Crippen LogP contribution in [0, 0.1) is 0 Å². The fourth-order valence-electron chi connectivity index (χ4n) is 3.32. The third-order valence-corrected chi connectivity index (χ3v) is 4.90. The second kappa shape index (κ2) is 10.9. The first kappa shape index (κ1) is 22.0. The fourth-order valence-corrected chi connectivity index (χ4v) is 3.32. The summed E-state index contributed by atoms with van der Waals surface area (Å²) in [5, 5.41) is 11.3. The summed E-state index contributed by atoms with van der Waals surface area (Å²) >= 11 is 0. The number of carbonyl (C=O) groups is 1. The zero-order valence-corrected chi connectivity index (χ0v) is 17.7. The quantitative estimate of drug-likeness (QED) is 0.512. The Balaban J connectivity index is 1.87. The molecular formula is C24H27N3O4. The van der Waals surface area contributed by atoms with Gasteiger partial charge in [-0.15, -0.1) is 0 Å². The summed E-state index contributed by atoms with van der Waals surface area (Å²) in [7, 11) is 3.30.